The Morgan fingerprint density at radius 2 is 2.29 bits per heavy atom. The van der Waals surface area contributed by atoms with Crippen molar-refractivity contribution in [2.45, 2.75) is 13.3 Å². The van der Waals surface area contributed by atoms with E-state index in [9.17, 15) is 0 Å². The molecule has 1 heteroatoms. The fraction of sp³-hybridized carbons (Fsp3) is 0.231. The first-order chi connectivity index (χ1) is 6.77. The molecule has 1 aliphatic carbocycles. The summed E-state index contributed by atoms with van der Waals surface area (Å²) in [6.07, 6.45) is 3.27. The number of rotatable bonds is 3. The van der Waals surface area contributed by atoms with Gasteiger partial charge >= 0.3 is 0 Å². The minimum atomic E-state index is 0.993. The molecule has 0 aromatic heterocycles. The molecule has 1 N–H and O–H groups in total. The van der Waals surface area contributed by atoms with Gasteiger partial charge in [-0.15, -0.1) is 0 Å². The second-order valence-corrected chi connectivity index (χ2v) is 3.55. The summed E-state index contributed by atoms with van der Waals surface area (Å²) in [4.78, 5) is 0. The SMILES string of the molecule is C=C(NC)/C(=C\C)c1cccc2c1C2. The molecule has 2 rings (SSSR count). The Balaban J connectivity index is 2.40. The summed E-state index contributed by atoms with van der Waals surface area (Å²) in [5.74, 6) is 0. The van der Waals surface area contributed by atoms with E-state index in [1.54, 1.807) is 0 Å². The van der Waals surface area contributed by atoms with Crippen LogP contribution in [0.3, 0.4) is 0 Å². The van der Waals surface area contributed by atoms with Crippen molar-refractivity contribution in [2.75, 3.05) is 7.05 Å². The van der Waals surface area contributed by atoms with Gasteiger partial charge in [-0.1, -0.05) is 30.9 Å². The zero-order chi connectivity index (χ0) is 10.1. The lowest BCUT2D eigenvalue weighted by Crippen LogP contribution is -2.06. The third-order valence-corrected chi connectivity index (χ3v) is 2.72. The van der Waals surface area contributed by atoms with Gasteiger partial charge in [-0.05, 0) is 30.0 Å². The Kier molecular flexibility index (Phi) is 2.16. The van der Waals surface area contributed by atoms with Gasteiger partial charge in [-0.25, -0.2) is 0 Å². The van der Waals surface area contributed by atoms with E-state index in [0.717, 1.165) is 12.1 Å². The molecule has 72 valence electrons. The summed E-state index contributed by atoms with van der Waals surface area (Å²) in [5, 5.41) is 3.10. The summed E-state index contributed by atoms with van der Waals surface area (Å²) >= 11 is 0. The van der Waals surface area contributed by atoms with Crippen molar-refractivity contribution in [1.29, 1.82) is 0 Å². The molecule has 14 heavy (non-hydrogen) atoms. The Morgan fingerprint density at radius 1 is 1.50 bits per heavy atom. The number of nitrogens with one attached hydrogen (secondary N) is 1. The van der Waals surface area contributed by atoms with Crippen LogP contribution in [0.5, 0.6) is 0 Å². The van der Waals surface area contributed by atoms with Gasteiger partial charge in [0.25, 0.3) is 0 Å². The maximum absolute atomic E-state index is 4.01. The number of hydrogen-bond acceptors (Lipinski definition) is 1. The van der Waals surface area contributed by atoms with Crippen LogP contribution in [0.25, 0.3) is 5.57 Å². The molecule has 0 amide bonds. The summed E-state index contributed by atoms with van der Waals surface area (Å²) in [6.45, 7) is 6.06. The maximum Gasteiger partial charge on any atom is 0.0340 e. The molecule has 0 saturated carbocycles. The molecule has 0 atom stereocenters. The van der Waals surface area contributed by atoms with Gasteiger partial charge in [-0.2, -0.15) is 0 Å². The minimum absolute atomic E-state index is 0.993. The third kappa shape index (κ3) is 1.35. The smallest absolute Gasteiger partial charge is 0.0340 e. The van der Waals surface area contributed by atoms with Crippen molar-refractivity contribution < 1.29 is 0 Å². The normalized spacial score (nSPS) is 13.4. The van der Waals surface area contributed by atoms with Crippen molar-refractivity contribution in [3.63, 3.8) is 0 Å². The molecule has 0 fully saturated rings. The minimum Gasteiger partial charge on any atom is -0.388 e. The topological polar surface area (TPSA) is 12.0 Å². The highest BCUT2D eigenvalue weighted by molar-refractivity contribution is 5.82. The quantitative estimate of drug-likeness (QED) is 0.725. The number of likely N-dealkylation sites (N-methyl/N-ethyl adjacent to an activating group) is 1. The predicted octanol–water partition coefficient (Wildman–Crippen LogP) is 2.73. The van der Waals surface area contributed by atoms with Crippen molar-refractivity contribution in [1.82, 2.24) is 5.32 Å². The largest absolute Gasteiger partial charge is 0.388 e. The molecular formula is C13H15N. The summed E-state index contributed by atoms with van der Waals surface area (Å²) in [7, 11) is 1.91. The van der Waals surface area contributed by atoms with Crippen LogP contribution < -0.4 is 5.32 Å². The monoisotopic (exact) mass is 185 g/mol. The average Bonchev–Trinajstić information content (AvgIpc) is 2.98. The Labute approximate surface area is 85.2 Å². The van der Waals surface area contributed by atoms with Crippen molar-refractivity contribution in [3.05, 3.63) is 53.2 Å². The third-order valence-electron chi connectivity index (χ3n) is 2.72. The van der Waals surface area contributed by atoms with Gasteiger partial charge in [-0.3, -0.25) is 0 Å². The standard InChI is InChI=1S/C13H15N/c1-4-11(9(2)14-3)12-7-5-6-10-8-13(10)12/h4-7,14H,2,8H2,1,3H3/b11-4+. The fourth-order valence-corrected chi connectivity index (χ4v) is 1.81. The number of benzene rings is 1. The van der Waals surface area contributed by atoms with Gasteiger partial charge in [0.05, 0.1) is 0 Å². The molecule has 1 nitrogen and oxygen atoms in total. The first-order valence-corrected chi connectivity index (χ1v) is 4.92. The molecule has 0 heterocycles. The summed E-state index contributed by atoms with van der Waals surface area (Å²) in [6, 6.07) is 6.48. The molecular weight excluding hydrogens is 170 g/mol. The van der Waals surface area contributed by atoms with E-state index in [0.29, 0.717) is 0 Å². The van der Waals surface area contributed by atoms with Crippen molar-refractivity contribution >= 4 is 5.57 Å². The second-order valence-electron chi connectivity index (χ2n) is 3.55. The molecule has 0 spiro atoms. The van der Waals surface area contributed by atoms with Crippen LogP contribution in [0.15, 0.2) is 36.6 Å². The fourth-order valence-electron chi connectivity index (χ4n) is 1.81. The Hall–Kier alpha value is -1.50. The lowest BCUT2D eigenvalue weighted by Gasteiger charge is -2.09. The average molecular weight is 185 g/mol. The Bertz CT molecular complexity index is 413. The van der Waals surface area contributed by atoms with Crippen LogP contribution >= 0.6 is 0 Å². The number of hydrogen-bond donors (Lipinski definition) is 1. The van der Waals surface area contributed by atoms with Gasteiger partial charge in [0.2, 0.25) is 0 Å². The zero-order valence-electron chi connectivity index (χ0n) is 8.72. The lowest BCUT2D eigenvalue weighted by molar-refractivity contribution is 1.05. The van der Waals surface area contributed by atoms with E-state index in [1.165, 1.54) is 22.3 Å². The van der Waals surface area contributed by atoms with Crippen LogP contribution in [0.1, 0.15) is 23.6 Å². The van der Waals surface area contributed by atoms with E-state index in [1.807, 2.05) is 7.05 Å². The molecule has 1 aromatic carbocycles. The molecule has 0 aliphatic heterocycles. The van der Waals surface area contributed by atoms with Gasteiger partial charge in [0.15, 0.2) is 0 Å². The van der Waals surface area contributed by atoms with Gasteiger partial charge < -0.3 is 5.32 Å². The van der Waals surface area contributed by atoms with Crippen LogP contribution in [-0.2, 0) is 6.42 Å². The van der Waals surface area contributed by atoms with Crippen LogP contribution in [0.2, 0.25) is 0 Å². The van der Waals surface area contributed by atoms with E-state index in [2.05, 4.69) is 43.1 Å². The van der Waals surface area contributed by atoms with E-state index < -0.39 is 0 Å². The van der Waals surface area contributed by atoms with E-state index in [4.69, 9.17) is 0 Å². The molecule has 0 saturated heterocycles. The van der Waals surface area contributed by atoms with Crippen LogP contribution in [0.4, 0.5) is 0 Å². The van der Waals surface area contributed by atoms with Crippen LogP contribution in [-0.4, -0.2) is 7.05 Å². The molecule has 0 unspecified atom stereocenters. The van der Waals surface area contributed by atoms with Gasteiger partial charge in [0, 0.05) is 18.3 Å². The van der Waals surface area contributed by atoms with Gasteiger partial charge in [0.1, 0.15) is 0 Å². The second kappa shape index (κ2) is 3.33. The van der Waals surface area contributed by atoms with E-state index in [-0.39, 0.29) is 0 Å². The summed E-state index contributed by atoms with van der Waals surface area (Å²) in [5.41, 5.74) is 6.52. The lowest BCUT2D eigenvalue weighted by atomic mass is 10.0. The number of allylic oxidation sites excluding steroid dienone is 2. The van der Waals surface area contributed by atoms with E-state index >= 15 is 0 Å². The predicted molar refractivity (Wildman–Crippen MR) is 61.1 cm³/mol. The van der Waals surface area contributed by atoms with Crippen molar-refractivity contribution in [3.8, 4) is 0 Å². The molecule has 0 radical (unpaired) electrons. The van der Waals surface area contributed by atoms with Crippen LogP contribution in [0, 0.1) is 0 Å². The first kappa shape index (κ1) is 9.07. The highest BCUT2D eigenvalue weighted by Crippen LogP contribution is 2.36. The first-order valence-electron chi connectivity index (χ1n) is 4.92. The summed E-state index contributed by atoms with van der Waals surface area (Å²) < 4.78 is 0. The Morgan fingerprint density at radius 3 is 2.93 bits per heavy atom. The maximum atomic E-state index is 4.01. The molecule has 1 aliphatic rings. The highest BCUT2D eigenvalue weighted by atomic mass is 14.8. The molecule has 0 bridgehead atoms. The number of fused-ring (bicyclic) bond motifs is 1. The molecule has 1 aromatic rings. The zero-order valence-corrected chi connectivity index (χ0v) is 8.72. The highest BCUT2D eigenvalue weighted by Gasteiger charge is 2.22. The van der Waals surface area contributed by atoms with Crippen molar-refractivity contribution in [2.24, 2.45) is 0 Å².